The lowest BCUT2D eigenvalue weighted by Gasteiger charge is -2.15. The van der Waals surface area contributed by atoms with Gasteiger partial charge in [0.15, 0.2) is 0 Å². The third-order valence-electron chi connectivity index (χ3n) is 3.14. The van der Waals surface area contributed by atoms with Crippen LogP contribution in [-0.2, 0) is 12.8 Å². The summed E-state index contributed by atoms with van der Waals surface area (Å²) in [6.07, 6.45) is 5.29. The Balaban J connectivity index is 1.92. The van der Waals surface area contributed by atoms with Gasteiger partial charge in [0.05, 0.1) is 0 Å². The smallest absolute Gasteiger partial charge is 0.0143 e. The molecule has 1 fully saturated rings. The van der Waals surface area contributed by atoms with Crippen molar-refractivity contribution < 1.29 is 0 Å². The van der Waals surface area contributed by atoms with Crippen LogP contribution in [-0.4, -0.2) is 12.6 Å². The molecule has 84 valence electrons. The number of nitrogens with one attached hydrogen (secondary N) is 1. The molecule has 1 aliphatic rings. The van der Waals surface area contributed by atoms with Gasteiger partial charge in [-0.2, -0.15) is 0 Å². The van der Waals surface area contributed by atoms with E-state index in [0.29, 0.717) is 0 Å². The minimum atomic E-state index is 0.735. The molecule has 2 rings (SSSR count). The summed E-state index contributed by atoms with van der Waals surface area (Å²) >= 11 is 1.99. The Morgan fingerprint density at radius 2 is 2.07 bits per heavy atom. The highest BCUT2D eigenvalue weighted by Gasteiger charge is 2.30. The van der Waals surface area contributed by atoms with Gasteiger partial charge in [-0.15, -0.1) is 11.3 Å². The molecule has 1 atom stereocenters. The SMILES string of the molecule is CCNC(Cc1ccc(CC)s1)C1CC1. The number of rotatable bonds is 6. The summed E-state index contributed by atoms with van der Waals surface area (Å²) in [7, 11) is 0. The summed E-state index contributed by atoms with van der Waals surface area (Å²) in [6.45, 7) is 5.55. The minimum absolute atomic E-state index is 0.735. The highest BCUT2D eigenvalue weighted by molar-refractivity contribution is 7.11. The standard InChI is InChI=1S/C13H21NS/c1-3-11-7-8-12(15-11)9-13(14-4-2)10-5-6-10/h7-8,10,13-14H,3-6,9H2,1-2H3. The third-order valence-corrected chi connectivity index (χ3v) is 4.40. The maximum Gasteiger partial charge on any atom is 0.0143 e. The number of thiophene rings is 1. The molecule has 0 amide bonds. The molecule has 1 saturated carbocycles. The van der Waals surface area contributed by atoms with Crippen LogP contribution in [0.25, 0.3) is 0 Å². The van der Waals surface area contributed by atoms with Gasteiger partial charge in [0.1, 0.15) is 0 Å². The number of aryl methyl sites for hydroxylation is 1. The van der Waals surface area contributed by atoms with Crippen LogP contribution in [0, 0.1) is 5.92 Å². The number of hydrogen-bond acceptors (Lipinski definition) is 2. The molecule has 1 nitrogen and oxygen atoms in total. The van der Waals surface area contributed by atoms with E-state index >= 15 is 0 Å². The van der Waals surface area contributed by atoms with Gasteiger partial charge in [0.2, 0.25) is 0 Å². The molecule has 1 aromatic rings. The van der Waals surface area contributed by atoms with Gasteiger partial charge >= 0.3 is 0 Å². The van der Waals surface area contributed by atoms with E-state index in [0.717, 1.165) is 18.5 Å². The lowest BCUT2D eigenvalue weighted by atomic mass is 10.1. The summed E-state index contributed by atoms with van der Waals surface area (Å²) in [4.78, 5) is 3.08. The van der Waals surface area contributed by atoms with Gasteiger partial charge in [-0.05, 0) is 50.3 Å². The molecule has 1 heterocycles. The van der Waals surface area contributed by atoms with Crippen molar-refractivity contribution in [1.29, 1.82) is 0 Å². The van der Waals surface area contributed by atoms with E-state index in [1.807, 2.05) is 11.3 Å². The second-order valence-electron chi connectivity index (χ2n) is 4.43. The molecule has 0 aliphatic heterocycles. The largest absolute Gasteiger partial charge is 0.314 e. The quantitative estimate of drug-likeness (QED) is 0.780. The lowest BCUT2D eigenvalue weighted by Crippen LogP contribution is -2.32. The first-order valence-corrected chi connectivity index (χ1v) is 6.96. The maximum atomic E-state index is 3.63. The molecule has 1 N–H and O–H groups in total. The second-order valence-corrected chi connectivity index (χ2v) is 5.68. The molecule has 2 heteroatoms. The molecule has 15 heavy (non-hydrogen) atoms. The van der Waals surface area contributed by atoms with Gasteiger partial charge in [-0.3, -0.25) is 0 Å². The van der Waals surface area contributed by atoms with Crippen molar-refractivity contribution in [2.45, 2.75) is 45.6 Å². The first-order valence-electron chi connectivity index (χ1n) is 6.14. The summed E-state index contributed by atoms with van der Waals surface area (Å²) in [5.74, 6) is 0.956. The highest BCUT2D eigenvalue weighted by Crippen LogP contribution is 2.34. The van der Waals surface area contributed by atoms with E-state index in [9.17, 15) is 0 Å². The fraction of sp³-hybridized carbons (Fsp3) is 0.692. The van der Waals surface area contributed by atoms with Crippen molar-refractivity contribution in [2.24, 2.45) is 5.92 Å². The second kappa shape index (κ2) is 5.13. The summed E-state index contributed by atoms with van der Waals surface area (Å²) in [5.41, 5.74) is 0. The van der Waals surface area contributed by atoms with E-state index in [2.05, 4.69) is 31.3 Å². The Morgan fingerprint density at radius 3 is 2.60 bits per heavy atom. The van der Waals surface area contributed by atoms with Crippen LogP contribution in [0.4, 0.5) is 0 Å². The van der Waals surface area contributed by atoms with Crippen molar-refractivity contribution in [3.8, 4) is 0 Å². The predicted molar refractivity (Wildman–Crippen MR) is 67.6 cm³/mol. The van der Waals surface area contributed by atoms with Crippen LogP contribution in [0.1, 0.15) is 36.4 Å². The van der Waals surface area contributed by atoms with Gasteiger partial charge in [0.25, 0.3) is 0 Å². The van der Waals surface area contributed by atoms with Gasteiger partial charge < -0.3 is 5.32 Å². The molecule has 0 bridgehead atoms. The van der Waals surface area contributed by atoms with Gasteiger partial charge in [-0.1, -0.05) is 13.8 Å². The Kier molecular flexibility index (Phi) is 3.81. The van der Waals surface area contributed by atoms with Crippen LogP contribution in [0.2, 0.25) is 0 Å². The van der Waals surface area contributed by atoms with Crippen molar-refractivity contribution in [3.63, 3.8) is 0 Å². The van der Waals surface area contributed by atoms with Crippen LogP contribution in [0.5, 0.6) is 0 Å². The fourth-order valence-corrected chi connectivity index (χ4v) is 3.12. The average molecular weight is 223 g/mol. The van der Waals surface area contributed by atoms with Crippen LogP contribution < -0.4 is 5.32 Å². The normalized spacial score (nSPS) is 18.0. The van der Waals surface area contributed by atoms with E-state index in [4.69, 9.17) is 0 Å². The van der Waals surface area contributed by atoms with Gasteiger partial charge in [-0.25, -0.2) is 0 Å². The summed E-state index contributed by atoms with van der Waals surface area (Å²) in [6, 6.07) is 5.34. The Bertz CT molecular complexity index is 301. The van der Waals surface area contributed by atoms with E-state index in [1.165, 1.54) is 30.6 Å². The monoisotopic (exact) mass is 223 g/mol. The highest BCUT2D eigenvalue weighted by atomic mass is 32.1. The number of hydrogen-bond donors (Lipinski definition) is 1. The number of likely N-dealkylation sites (N-methyl/N-ethyl adjacent to an activating group) is 1. The topological polar surface area (TPSA) is 12.0 Å². The van der Waals surface area contributed by atoms with E-state index in [-0.39, 0.29) is 0 Å². The van der Waals surface area contributed by atoms with Gasteiger partial charge in [0, 0.05) is 15.8 Å². The Hall–Kier alpha value is -0.340. The third kappa shape index (κ3) is 3.05. The molecule has 0 spiro atoms. The first kappa shape index (κ1) is 11.2. The molecule has 1 aromatic heterocycles. The van der Waals surface area contributed by atoms with E-state index in [1.54, 1.807) is 4.88 Å². The van der Waals surface area contributed by atoms with Crippen molar-refractivity contribution in [3.05, 3.63) is 21.9 Å². The van der Waals surface area contributed by atoms with Crippen LogP contribution in [0.3, 0.4) is 0 Å². The lowest BCUT2D eigenvalue weighted by molar-refractivity contribution is 0.475. The van der Waals surface area contributed by atoms with Crippen molar-refractivity contribution >= 4 is 11.3 Å². The Labute approximate surface area is 96.9 Å². The zero-order valence-electron chi connectivity index (χ0n) is 9.75. The molecular formula is C13H21NS. The zero-order valence-corrected chi connectivity index (χ0v) is 10.6. The molecular weight excluding hydrogens is 202 g/mol. The van der Waals surface area contributed by atoms with Crippen LogP contribution in [0.15, 0.2) is 12.1 Å². The first-order chi connectivity index (χ1) is 7.33. The molecule has 1 aliphatic carbocycles. The molecule has 0 saturated heterocycles. The predicted octanol–water partition coefficient (Wildman–Crippen LogP) is 3.24. The summed E-state index contributed by atoms with van der Waals surface area (Å²) in [5, 5.41) is 3.63. The molecule has 0 aromatic carbocycles. The molecule has 1 unspecified atom stereocenters. The molecule has 0 radical (unpaired) electrons. The summed E-state index contributed by atoms with van der Waals surface area (Å²) < 4.78 is 0. The zero-order chi connectivity index (χ0) is 10.7. The Morgan fingerprint density at radius 1 is 1.33 bits per heavy atom. The van der Waals surface area contributed by atoms with Crippen LogP contribution >= 0.6 is 11.3 Å². The fourth-order valence-electron chi connectivity index (χ4n) is 2.11. The van der Waals surface area contributed by atoms with Crippen molar-refractivity contribution in [1.82, 2.24) is 5.32 Å². The minimum Gasteiger partial charge on any atom is -0.314 e. The van der Waals surface area contributed by atoms with Crippen molar-refractivity contribution in [2.75, 3.05) is 6.54 Å². The average Bonchev–Trinajstić information content (AvgIpc) is 2.99. The van der Waals surface area contributed by atoms with E-state index < -0.39 is 0 Å². The maximum absolute atomic E-state index is 3.63.